The van der Waals surface area contributed by atoms with E-state index in [4.69, 9.17) is 4.74 Å². The molecule has 1 aromatic carbocycles. The Morgan fingerprint density at radius 3 is 2.70 bits per heavy atom. The first-order chi connectivity index (χ1) is 9.58. The molecule has 0 fully saturated rings. The van der Waals surface area contributed by atoms with Crippen molar-refractivity contribution in [2.75, 3.05) is 12.4 Å². The van der Waals surface area contributed by atoms with E-state index in [1.54, 1.807) is 12.1 Å². The maximum Gasteiger partial charge on any atom is 0.296 e. The topological polar surface area (TPSA) is 64.4 Å². The lowest BCUT2D eigenvalue weighted by Gasteiger charge is -2.15. The first-order valence-corrected chi connectivity index (χ1v) is 7.17. The van der Waals surface area contributed by atoms with E-state index in [9.17, 15) is 10.1 Å². The maximum absolute atomic E-state index is 11.1. The fourth-order valence-corrected chi connectivity index (χ4v) is 2.13. The van der Waals surface area contributed by atoms with Gasteiger partial charge in [-0.05, 0) is 25.5 Å². The van der Waals surface area contributed by atoms with Gasteiger partial charge in [0.1, 0.15) is 11.4 Å². The van der Waals surface area contributed by atoms with Crippen LogP contribution in [-0.4, -0.2) is 18.1 Å². The smallest absolute Gasteiger partial charge is 0.296 e. The number of unbranched alkanes of at least 4 members (excludes halogenated alkanes) is 3. The van der Waals surface area contributed by atoms with Crippen molar-refractivity contribution in [2.45, 2.75) is 52.0 Å². The normalized spacial score (nSPS) is 11.9. The Hall–Kier alpha value is -1.78. The molecule has 0 radical (unpaired) electrons. The van der Waals surface area contributed by atoms with Gasteiger partial charge in [0.15, 0.2) is 0 Å². The summed E-state index contributed by atoms with van der Waals surface area (Å²) in [5.41, 5.74) is 0.614. The molecule has 5 heteroatoms. The van der Waals surface area contributed by atoms with Crippen molar-refractivity contribution in [1.82, 2.24) is 0 Å². The van der Waals surface area contributed by atoms with Gasteiger partial charge in [-0.3, -0.25) is 10.1 Å². The largest absolute Gasteiger partial charge is 0.496 e. The maximum atomic E-state index is 11.1. The van der Waals surface area contributed by atoms with Gasteiger partial charge in [-0.2, -0.15) is 0 Å². The molecule has 1 aromatic rings. The Balaban J connectivity index is 2.64. The van der Waals surface area contributed by atoms with Crippen LogP contribution in [0.4, 0.5) is 11.4 Å². The fraction of sp³-hybridized carbons (Fsp3) is 0.600. The number of nitro groups is 1. The highest BCUT2D eigenvalue weighted by atomic mass is 16.6. The molecule has 0 saturated heterocycles. The van der Waals surface area contributed by atoms with E-state index < -0.39 is 0 Å². The standard InChI is InChI=1S/C15H24N2O3/c1-4-5-6-7-8-12(2)16-14-10-9-13(20-3)11-15(14)17(18)19/h9-12,16H,4-8H2,1-3H3. The second kappa shape index (κ2) is 8.40. The Morgan fingerprint density at radius 2 is 2.10 bits per heavy atom. The first kappa shape index (κ1) is 16.3. The van der Waals surface area contributed by atoms with Gasteiger partial charge in [0, 0.05) is 6.04 Å². The molecular formula is C15H24N2O3. The number of hydrogen-bond donors (Lipinski definition) is 1. The van der Waals surface area contributed by atoms with Gasteiger partial charge in [-0.15, -0.1) is 0 Å². The highest BCUT2D eigenvalue weighted by Gasteiger charge is 2.16. The number of benzene rings is 1. The third-order valence-electron chi connectivity index (χ3n) is 3.29. The zero-order valence-corrected chi connectivity index (χ0v) is 12.5. The van der Waals surface area contributed by atoms with Crippen LogP contribution in [-0.2, 0) is 0 Å². The molecule has 0 heterocycles. The fourth-order valence-electron chi connectivity index (χ4n) is 2.13. The summed E-state index contributed by atoms with van der Waals surface area (Å²) in [6.45, 7) is 4.24. The average Bonchev–Trinajstić information content (AvgIpc) is 2.43. The molecule has 1 unspecified atom stereocenters. The third-order valence-corrected chi connectivity index (χ3v) is 3.29. The van der Waals surface area contributed by atoms with Gasteiger partial charge in [0.25, 0.3) is 5.69 Å². The molecule has 0 aromatic heterocycles. The molecule has 1 N–H and O–H groups in total. The third kappa shape index (κ3) is 5.07. The van der Waals surface area contributed by atoms with Crippen molar-refractivity contribution in [1.29, 1.82) is 0 Å². The Labute approximate surface area is 120 Å². The number of anilines is 1. The SMILES string of the molecule is CCCCCCC(C)Nc1ccc(OC)cc1[N+](=O)[O-]. The van der Waals surface area contributed by atoms with E-state index in [1.165, 1.54) is 32.4 Å². The summed E-state index contributed by atoms with van der Waals surface area (Å²) in [6, 6.07) is 5.11. The van der Waals surface area contributed by atoms with Crippen LogP contribution in [0.5, 0.6) is 5.75 Å². The van der Waals surface area contributed by atoms with Crippen LogP contribution >= 0.6 is 0 Å². The number of hydrogen-bond acceptors (Lipinski definition) is 4. The van der Waals surface area contributed by atoms with Crippen molar-refractivity contribution in [3.05, 3.63) is 28.3 Å². The highest BCUT2D eigenvalue weighted by molar-refractivity contribution is 5.64. The number of rotatable bonds is 9. The van der Waals surface area contributed by atoms with Gasteiger partial charge in [-0.25, -0.2) is 0 Å². The van der Waals surface area contributed by atoms with Crippen LogP contribution in [0.15, 0.2) is 18.2 Å². The summed E-state index contributed by atoms with van der Waals surface area (Å²) in [4.78, 5) is 10.7. The summed E-state index contributed by atoms with van der Waals surface area (Å²) in [5.74, 6) is 0.498. The number of nitro benzene ring substituents is 1. The number of methoxy groups -OCH3 is 1. The Bertz CT molecular complexity index is 435. The zero-order chi connectivity index (χ0) is 15.0. The monoisotopic (exact) mass is 280 g/mol. The van der Waals surface area contributed by atoms with Crippen molar-refractivity contribution in [2.24, 2.45) is 0 Å². The van der Waals surface area contributed by atoms with E-state index >= 15 is 0 Å². The first-order valence-electron chi connectivity index (χ1n) is 7.17. The van der Waals surface area contributed by atoms with Crippen LogP contribution in [0.1, 0.15) is 46.0 Å². The molecular weight excluding hydrogens is 256 g/mol. The van der Waals surface area contributed by atoms with Gasteiger partial charge in [-0.1, -0.05) is 32.6 Å². The molecule has 20 heavy (non-hydrogen) atoms. The zero-order valence-electron chi connectivity index (χ0n) is 12.5. The van der Waals surface area contributed by atoms with Gasteiger partial charge < -0.3 is 10.1 Å². The lowest BCUT2D eigenvalue weighted by Crippen LogP contribution is -2.15. The molecule has 5 nitrogen and oxygen atoms in total. The summed E-state index contributed by atoms with van der Waals surface area (Å²) >= 11 is 0. The predicted molar refractivity (Wildman–Crippen MR) is 81.5 cm³/mol. The van der Waals surface area contributed by atoms with Gasteiger partial charge in [0.05, 0.1) is 18.1 Å². The average molecular weight is 280 g/mol. The molecule has 0 saturated carbocycles. The minimum absolute atomic E-state index is 0.0600. The summed E-state index contributed by atoms with van der Waals surface area (Å²) in [7, 11) is 1.50. The van der Waals surface area contributed by atoms with Crippen molar-refractivity contribution >= 4 is 11.4 Å². The molecule has 0 aliphatic carbocycles. The van der Waals surface area contributed by atoms with Crippen LogP contribution < -0.4 is 10.1 Å². The quantitative estimate of drug-likeness (QED) is 0.414. The summed E-state index contributed by atoms with van der Waals surface area (Å²) in [6.07, 6.45) is 5.84. The predicted octanol–water partition coefficient (Wildman–Crippen LogP) is 4.37. The van der Waals surface area contributed by atoms with E-state index in [1.807, 2.05) is 0 Å². The molecule has 0 aliphatic rings. The van der Waals surface area contributed by atoms with E-state index in [0.29, 0.717) is 11.4 Å². The van der Waals surface area contributed by atoms with Crippen molar-refractivity contribution in [3.63, 3.8) is 0 Å². The van der Waals surface area contributed by atoms with Crippen LogP contribution in [0.25, 0.3) is 0 Å². The van der Waals surface area contributed by atoms with Gasteiger partial charge in [0.2, 0.25) is 0 Å². The second-order valence-corrected chi connectivity index (χ2v) is 5.03. The highest BCUT2D eigenvalue weighted by Crippen LogP contribution is 2.29. The van der Waals surface area contributed by atoms with Crippen LogP contribution in [0, 0.1) is 10.1 Å². The molecule has 0 spiro atoms. The Kier molecular flexibility index (Phi) is 6.84. The summed E-state index contributed by atoms with van der Waals surface area (Å²) < 4.78 is 5.02. The van der Waals surface area contributed by atoms with E-state index in [0.717, 1.165) is 12.8 Å². The second-order valence-electron chi connectivity index (χ2n) is 5.03. The van der Waals surface area contributed by atoms with Crippen LogP contribution in [0.2, 0.25) is 0 Å². The minimum Gasteiger partial charge on any atom is -0.496 e. The van der Waals surface area contributed by atoms with E-state index in [2.05, 4.69) is 19.2 Å². The van der Waals surface area contributed by atoms with Gasteiger partial charge >= 0.3 is 0 Å². The van der Waals surface area contributed by atoms with Crippen molar-refractivity contribution in [3.8, 4) is 5.75 Å². The lowest BCUT2D eigenvalue weighted by atomic mass is 10.1. The molecule has 0 bridgehead atoms. The molecule has 1 rings (SSSR count). The molecule has 1 atom stereocenters. The minimum atomic E-state index is -0.380. The van der Waals surface area contributed by atoms with Crippen molar-refractivity contribution < 1.29 is 9.66 Å². The molecule has 0 aliphatic heterocycles. The molecule has 0 amide bonds. The Morgan fingerprint density at radius 1 is 1.35 bits per heavy atom. The number of ether oxygens (including phenoxy) is 1. The molecule has 112 valence electrons. The lowest BCUT2D eigenvalue weighted by molar-refractivity contribution is -0.384. The summed E-state index contributed by atoms with van der Waals surface area (Å²) in [5, 5.41) is 14.3. The van der Waals surface area contributed by atoms with E-state index in [-0.39, 0.29) is 16.7 Å². The van der Waals surface area contributed by atoms with Crippen LogP contribution in [0.3, 0.4) is 0 Å². The number of nitrogens with zero attached hydrogens (tertiary/aromatic N) is 1. The number of nitrogens with one attached hydrogen (secondary N) is 1.